The first-order valence-electron chi connectivity index (χ1n) is 12.8. The van der Waals surface area contributed by atoms with Crippen LogP contribution in [0.5, 0.6) is 0 Å². The zero-order valence-corrected chi connectivity index (χ0v) is 21.8. The number of ether oxygens (including phenoxy) is 1. The Hall–Kier alpha value is -3.04. The van der Waals surface area contributed by atoms with Crippen LogP contribution in [0.4, 0.5) is 13.2 Å². The summed E-state index contributed by atoms with van der Waals surface area (Å²) in [6.07, 6.45) is 1.54. The van der Waals surface area contributed by atoms with Gasteiger partial charge in [0.1, 0.15) is 6.10 Å². The lowest BCUT2D eigenvalue weighted by molar-refractivity contribution is -0.205. The van der Waals surface area contributed by atoms with Gasteiger partial charge >= 0.3 is 12.1 Å². The molecule has 4 rings (SSSR count). The molecule has 1 saturated carbocycles. The number of carbonyl (C=O) groups is 2. The Kier molecular flexibility index (Phi) is 8.99. The molecule has 6 nitrogen and oxygen atoms in total. The Labute approximate surface area is 224 Å². The average Bonchev–Trinajstić information content (AvgIpc) is 3.29. The highest BCUT2D eigenvalue weighted by Gasteiger charge is 2.42. The maximum atomic E-state index is 13.0. The minimum absolute atomic E-state index is 0.0409. The molecule has 1 aliphatic carbocycles. The Balaban J connectivity index is 1.43. The lowest BCUT2D eigenvalue weighted by Gasteiger charge is -2.23. The number of alkyl halides is 3. The van der Waals surface area contributed by atoms with Crippen LogP contribution in [0.25, 0.3) is 10.9 Å². The first-order valence-corrected chi connectivity index (χ1v) is 13.2. The van der Waals surface area contributed by atoms with Gasteiger partial charge < -0.3 is 20.4 Å². The van der Waals surface area contributed by atoms with E-state index in [4.69, 9.17) is 16.3 Å². The standard InChI is InChI=1S/C28H31ClF3N3O3/c1-17(33-16-24(38-27(37)28(30,31)32)18-7-5-8-20(29)14-18)13-19-15-34-25-22(19)11-6-12-23(25)26(36)35-21-9-3-2-4-10-21/h5-8,11-12,14-15,17,21,24,33-34H,2-4,9-10,13,16H2,1H3,(H,35,36)/t17-,24-/m1/s1. The van der Waals surface area contributed by atoms with E-state index in [0.29, 0.717) is 22.6 Å². The molecule has 38 heavy (non-hydrogen) atoms. The topological polar surface area (TPSA) is 83.2 Å². The molecule has 1 amide bonds. The van der Waals surface area contributed by atoms with Crippen molar-refractivity contribution in [2.24, 2.45) is 0 Å². The predicted octanol–water partition coefficient (Wildman–Crippen LogP) is 6.25. The maximum Gasteiger partial charge on any atom is 0.490 e. The zero-order valence-electron chi connectivity index (χ0n) is 21.0. The van der Waals surface area contributed by atoms with Crippen LogP contribution in [-0.4, -0.2) is 41.7 Å². The fourth-order valence-corrected chi connectivity index (χ4v) is 5.12. The molecule has 10 heteroatoms. The zero-order chi connectivity index (χ0) is 27.3. The Bertz CT molecular complexity index is 1270. The number of carbonyl (C=O) groups excluding carboxylic acids is 2. The van der Waals surface area contributed by atoms with E-state index in [1.54, 1.807) is 24.3 Å². The number of aromatic amines is 1. The number of aromatic nitrogens is 1. The second-order valence-electron chi connectivity index (χ2n) is 9.81. The Morgan fingerprint density at radius 3 is 2.58 bits per heavy atom. The third-order valence-electron chi connectivity index (χ3n) is 6.87. The van der Waals surface area contributed by atoms with Crippen molar-refractivity contribution in [3.8, 4) is 0 Å². The van der Waals surface area contributed by atoms with Crippen molar-refractivity contribution in [3.63, 3.8) is 0 Å². The van der Waals surface area contributed by atoms with Gasteiger partial charge in [0.25, 0.3) is 5.91 Å². The van der Waals surface area contributed by atoms with E-state index in [9.17, 15) is 22.8 Å². The molecule has 1 aromatic heterocycles. The third kappa shape index (κ3) is 7.08. The minimum atomic E-state index is -5.10. The molecule has 0 aliphatic heterocycles. The number of fused-ring (bicyclic) bond motifs is 1. The summed E-state index contributed by atoms with van der Waals surface area (Å²) in [6.45, 7) is 1.85. The quantitative estimate of drug-likeness (QED) is 0.275. The van der Waals surface area contributed by atoms with Crippen LogP contribution in [0.15, 0.2) is 48.7 Å². The number of hydrogen-bond donors (Lipinski definition) is 3. The molecule has 0 radical (unpaired) electrons. The van der Waals surface area contributed by atoms with Crippen LogP contribution < -0.4 is 10.6 Å². The fraction of sp³-hybridized carbons (Fsp3) is 0.429. The van der Waals surface area contributed by atoms with Gasteiger partial charge in [0, 0.05) is 35.2 Å². The van der Waals surface area contributed by atoms with Crippen molar-refractivity contribution in [2.45, 2.75) is 69.8 Å². The van der Waals surface area contributed by atoms with Gasteiger partial charge in [-0.15, -0.1) is 0 Å². The third-order valence-corrected chi connectivity index (χ3v) is 7.10. The van der Waals surface area contributed by atoms with Crippen molar-refractivity contribution < 1.29 is 27.5 Å². The van der Waals surface area contributed by atoms with Crippen molar-refractivity contribution in [1.82, 2.24) is 15.6 Å². The van der Waals surface area contributed by atoms with E-state index in [1.807, 2.05) is 25.3 Å². The summed E-state index contributed by atoms with van der Waals surface area (Å²) in [4.78, 5) is 27.7. The van der Waals surface area contributed by atoms with Gasteiger partial charge in [-0.1, -0.05) is 55.1 Å². The molecular formula is C28H31ClF3N3O3. The van der Waals surface area contributed by atoms with Crippen LogP contribution in [0.1, 0.15) is 66.6 Å². The van der Waals surface area contributed by atoms with E-state index in [-0.39, 0.29) is 24.5 Å². The molecule has 0 spiro atoms. The van der Waals surface area contributed by atoms with Gasteiger partial charge in [-0.05, 0) is 55.5 Å². The summed E-state index contributed by atoms with van der Waals surface area (Å²) in [5.41, 5.74) is 2.65. The van der Waals surface area contributed by atoms with Gasteiger partial charge in [0.05, 0.1) is 11.1 Å². The molecule has 204 valence electrons. The van der Waals surface area contributed by atoms with E-state index in [0.717, 1.165) is 42.1 Å². The number of para-hydroxylation sites is 1. The monoisotopic (exact) mass is 549 g/mol. The highest BCUT2D eigenvalue weighted by molar-refractivity contribution is 6.30. The van der Waals surface area contributed by atoms with E-state index in [2.05, 4.69) is 15.6 Å². The van der Waals surface area contributed by atoms with Gasteiger partial charge in [-0.25, -0.2) is 4.79 Å². The van der Waals surface area contributed by atoms with E-state index >= 15 is 0 Å². The van der Waals surface area contributed by atoms with Gasteiger partial charge in [0.15, 0.2) is 0 Å². The van der Waals surface area contributed by atoms with Gasteiger partial charge in [-0.3, -0.25) is 4.79 Å². The largest absolute Gasteiger partial charge is 0.490 e. The number of benzene rings is 2. The van der Waals surface area contributed by atoms with E-state index in [1.165, 1.54) is 12.5 Å². The van der Waals surface area contributed by atoms with Crippen LogP contribution in [0, 0.1) is 0 Å². The predicted molar refractivity (Wildman–Crippen MR) is 140 cm³/mol. The Morgan fingerprint density at radius 1 is 1.13 bits per heavy atom. The van der Waals surface area contributed by atoms with Gasteiger partial charge in [-0.2, -0.15) is 13.2 Å². The molecule has 0 bridgehead atoms. The summed E-state index contributed by atoms with van der Waals surface area (Å²) in [5, 5.41) is 7.56. The normalized spacial score (nSPS) is 16.2. The molecule has 3 N–H and O–H groups in total. The molecule has 1 aliphatic rings. The van der Waals surface area contributed by atoms with Crippen molar-refractivity contribution >= 4 is 34.4 Å². The number of nitrogens with one attached hydrogen (secondary N) is 3. The molecular weight excluding hydrogens is 519 g/mol. The summed E-state index contributed by atoms with van der Waals surface area (Å²) in [5.74, 6) is -2.36. The lowest BCUT2D eigenvalue weighted by atomic mass is 9.95. The van der Waals surface area contributed by atoms with Crippen LogP contribution >= 0.6 is 11.6 Å². The Morgan fingerprint density at radius 2 is 1.87 bits per heavy atom. The number of hydrogen-bond acceptors (Lipinski definition) is 4. The van der Waals surface area contributed by atoms with Crippen molar-refractivity contribution in [3.05, 3.63) is 70.4 Å². The highest BCUT2D eigenvalue weighted by Crippen LogP contribution is 2.27. The fourth-order valence-electron chi connectivity index (χ4n) is 4.92. The van der Waals surface area contributed by atoms with Crippen molar-refractivity contribution in [2.75, 3.05) is 6.54 Å². The van der Waals surface area contributed by atoms with E-state index < -0.39 is 18.2 Å². The van der Waals surface area contributed by atoms with Crippen LogP contribution in [0.3, 0.4) is 0 Å². The number of esters is 1. The van der Waals surface area contributed by atoms with Crippen molar-refractivity contribution in [1.29, 1.82) is 0 Å². The minimum Gasteiger partial charge on any atom is -0.449 e. The summed E-state index contributed by atoms with van der Waals surface area (Å²) < 4.78 is 43.4. The summed E-state index contributed by atoms with van der Waals surface area (Å²) >= 11 is 6.00. The molecule has 3 aromatic rings. The number of halogens is 4. The summed E-state index contributed by atoms with van der Waals surface area (Å²) in [7, 11) is 0. The SMILES string of the molecule is C[C@H](Cc1c[nH]c2c(C(=O)NC3CCCCC3)cccc12)NC[C@@H](OC(=O)C(F)(F)F)c1cccc(Cl)c1. The second kappa shape index (κ2) is 12.2. The average molecular weight is 550 g/mol. The molecule has 0 unspecified atom stereocenters. The molecule has 2 aromatic carbocycles. The molecule has 2 atom stereocenters. The number of H-pyrrole nitrogens is 1. The molecule has 1 heterocycles. The molecule has 1 fully saturated rings. The molecule has 0 saturated heterocycles. The smallest absolute Gasteiger partial charge is 0.449 e. The number of rotatable bonds is 9. The maximum absolute atomic E-state index is 13.0. The van der Waals surface area contributed by atoms with Gasteiger partial charge in [0.2, 0.25) is 0 Å². The summed E-state index contributed by atoms with van der Waals surface area (Å²) in [6, 6.07) is 11.8. The first kappa shape index (κ1) is 28.0. The lowest BCUT2D eigenvalue weighted by Crippen LogP contribution is -2.36. The van der Waals surface area contributed by atoms with Crippen LogP contribution in [0.2, 0.25) is 5.02 Å². The second-order valence-corrected chi connectivity index (χ2v) is 10.2. The number of amides is 1. The van der Waals surface area contributed by atoms with Crippen LogP contribution in [-0.2, 0) is 16.0 Å². The highest BCUT2D eigenvalue weighted by atomic mass is 35.5. The first-order chi connectivity index (χ1) is 18.1.